The summed E-state index contributed by atoms with van der Waals surface area (Å²) in [4.78, 5) is 18.6. The van der Waals surface area contributed by atoms with Crippen molar-refractivity contribution in [2.24, 2.45) is 0 Å². The van der Waals surface area contributed by atoms with Crippen LogP contribution in [0.25, 0.3) is 90.9 Å². The molecule has 5 aromatic carbocycles. The number of aromatic nitrogens is 4. The fourth-order valence-electron chi connectivity index (χ4n) is 7.97. The van der Waals surface area contributed by atoms with Gasteiger partial charge in [0.1, 0.15) is 0 Å². The molecule has 0 fully saturated rings. The smallest absolute Gasteiger partial charge is 0.0737 e. The molecule has 2 aliphatic rings. The number of fused-ring (bicyclic) bond motifs is 8. The van der Waals surface area contributed by atoms with E-state index in [1.807, 2.05) is 30.3 Å². The summed E-state index contributed by atoms with van der Waals surface area (Å²) in [6, 6.07) is 53.4. The van der Waals surface area contributed by atoms with Crippen LogP contribution in [0.15, 0.2) is 152 Å². The zero-order chi connectivity index (χ0) is 39.9. The first-order valence-corrected chi connectivity index (χ1v) is 20.0. The van der Waals surface area contributed by atoms with Crippen LogP contribution in [-0.4, -0.2) is 19.9 Å². The quantitative estimate of drug-likeness (QED) is 0.176. The van der Waals surface area contributed by atoms with Crippen LogP contribution in [0.5, 0.6) is 0 Å². The normalized spacial score (nSPS) is 11.7. The first-order chi connectivity index (χ1) is 28.9. The number of nitrogens with one attached hydrogen (secondary N) is 2. The summed E-state index contributed by atoms with van der Waals surface area (Å²) in [5.74, 6) is 6.64. The van der Waals surface area contributed by atoms with Gasteiger partial charge < -0.3 is 9.97 Å². The summed E-state index contributed by atoms with van der Waals surface area (Å²) < 4.78 is 0. The maximum absolute atomic E-state index is 5.46. The summed E-state index contributed by atoms with van der Waals surface area (Å²) in [7, 11) is 0. The van der Waals surface area contributed by atoms with E-state index in [1.54, 1.807) is 0 Å². The Kier molecular flexibility index (Phi) is 9.05. The van der Waals surface area contributed by atoms with Crippen molar-refractivity contribution in [3.63, 3.8) is 0 Å². The lowest BCUT2D eigenvalue weighted by Crippen LogP contribution is -1.90. The van der Waals surface area contributed by atoms with E-state index in [1.165, 1.54) is 16.7 Å². The number of rotatable bonds is 4. The molecule has 0 amide bonds. The summed E-state index contributed by atoms with van der Waals surface area (Å²) in [6.07, 6.45) is 8.58. The maximum atomic E-state index is 5.46. The van der Waals surface area contributed by atoms with Crippen molar-refractivity contribution in [2.75, 3.05) is 0 Å². The molecule has 3 aromatic heterocycles. The van der Waals surface area contributed by atoms with Crippen molar-refractivity contribution in [1.29, 1.82) is 0 Å². The Labute approximate surface area is 344 Å². The van der Waals surface area contributed by atoms with Gasteiger partial charge in [0, 0.05) is 55.4 Å². The van der Waals surface area contributed by atoms with Crippen molar-refractivity contribution in [3.8, 4) is 56.3 Å². The molecule has 0 atom stereocenters. The van der Waals surface area contributed by atoms with E-state index in [0.717, 1.165) is 100 Å². The van der Waals surface area contributed by atoms with Crippen molar-refractivity contribution in [1.82, 2.24) is 19.9 Å². The molecule has 280 valence electrons. The number of benzene rings is 5. The van der Waals surface area contributed by atoms with Crippen LogP contribution in [-0.2, 0) is 0 Å². The first-order valence-electron chi connectivity index (χ1n) is 20.0. The SMILES string of the molecule is Cc1ccc(-c2c3nc(c(-c4ccc(C)cc4)c4ccc([nH]4)c(-c4ccc(C#Cc5ccccc5)cc4)c4nc(c(-c5ccc(C)cc5)c5ccc2[nH]5)C=C4)C=C3)cc1. The van der Waals surface area contributed by atoms with Gasteiger partial charge in [-0.15, -0.1) is 0 Å². The second-order valence-corrected chi connectivity index (χ2v) is 15.3. The largest absolute Gasteiger partial charge is 0.354 e. The highest BCUT2D eigenvalue weighted by Crippen LogP contribution is 2.38. The van der Waals surface area contributed by atoms with Crippen LogP contribution in [0.2, 0.25) is 0 Å². The van der Waals surface area contributed by atoms with E-state index < -0.39 is 0 Å². The number of H-pyrrole nitrogens is 2. The van der Waals surface area contributed by atoms with Gasteiger partial charge in [-0.3, -0.25) is 0 Å². The number of hydrogen-bond donors (Lipinski definition) is 2. The van der Waals surface area contributed by atoms with Crippen molar-refractivity contribution < 1.29 is 0 Å². The average Bonchev–Trinajstić information content (AvgIpc) is 4.11. The average molecular weight is 757 g/mol. The lowest BCUT2D eigenvalue weighted by molar-refractivity contribution is 1.31. The highest BCUT2D eigenvalue weighted by molar-refractivity contribution is 5.99. The summed E-state index contributed by atoms with van der Waals surface area (Å²) in [6.45, 7) is 6.36. The van der Waals surface area contributed by atoms with E-state index in [-0.39, 0.29) is 0 Å². The third kappa shape index (κ3) is 7.01. The van der Waals surface area contributed by atoms with Gasteiger partial charge in [0.15, 0.2) is 0 Å². The third-order valence-corrected chi connectivity index (χ3v) is 11.1. The highest BCUT2D eigenvalue weighted by atomic mass is 14.8. The molecule has 0 unspecified atom stereocenters. The van der Waals surface area contributed by atoms with Gasteiger partial charge in [0.25, 0.3) is 0 Å². The van der Waals surface area contributed by atoms with Gasteiger partial charge in [-0.05, 0) is 116 Å². The molecule has 59 heavy (non-hydrogen) atoms. The molecule has 0 saturated heterocycles. The molecule has 0 saturated carbocycles. The number of nitrogens with zero attached hydrogens (tertiary/aromatic N) is 2. The Morgan fingerprint density at radius 1 is 0.322 bits per heavy atom. The number of aromatic amines is 2. The van der Waals surface area contributed by atoms with Crippen LogP contribution in [0.4, 0.5) is 0 Å². The Morgan fingerprint density at radius 3 is 0.932 bits per heavy atom. The molecule has 4 nitrogen and oxygen atoms in total. The zero-order valence-electron chi connectivity index (χ0n) is 33.1. The van der Waals surface area contributed by atoms with E-state index in [4.69, 9.17) is 9.97 Å². The van der Waals surface area contributed by atoms with Gasteiger partial charge in [0.2, 0.25) is 0 Å². The molecule has 0 spiro atoms. The lowest BCUT2D eigenvalue weighted by atomic mass is 10.0. The second kappa shape index (κ2) is 15.0. The van der Waals surface area contributed by atoms with Gasteiger partial charge >= 0.3 is 0 Å². The number of hydrogen-bond acceptors (Lipinski definition) is 2. The van der Waals surface area contributed by atoms with E-state index in [0.29, 0.717) is 0 Å². The minimum absolute atomic E-state index is 0.873. The maximum Gasteiger partial charge on any atom is 0.0737 e. The Bertz CT molecular complexity index is 3140. The standard InChI is InChI=1S/C55H40N4/c1-35-9-19-40(20-10-35)52-44-27-29-46(56-44)53(41-21-11-36(2)12-22-41)48-31-33-50(58-48)55(43-25-17-39(18-26-43)16-15-38-7-5-4-6-8-38)51-34-32-49(59-51)54(47-30-28-45(52)57-47)42-23-13-37(3)14-24-42/h4-14,17-34,56,59H,1-3H3. The topological polar surface area (TPSA) is 57.4 Å². The molecule has 0 aliphatic carbocycles. The van der Waals surface area contributed by atoms with Crippen LogP contribution in [0, 0.1) is 32.6 Å². The second-order valence-electron chi connectivity index (χ2n) is 15.3. The Balaban J connectivity index is 1.30. The minimum atomic E-state index is 0.873. The molecule has 0 radical (unpaired) electrons. The van der Waals surface area contributed by atoms with Crippen LogP contribution in [0.1, 0.15) is 50.6 Å². The van der Waals surface area contributed by atoms with E-state index in [2.05, 4.69) is 188 Å². The number of aryl methyl sites for hydroxylation is 3. The van der Waals surface area contributed by atoms with Crippen molar-refractivity contribution >= 4 is 46.4 Å². The fraction of sp³-hybridized carbons (Fsp3) is 0.0545. The predicted molar refractivity (Wildman–Crippen MR) is 247 cm³/mol. The van der Waals surface area contributed by atoms with E-state index >= 15 is 0 Å². The summed E-state index contributed by atoms with van der Waals surface area (Å²) in [5, 5.41) is 0. The van der Waals surface area contributed by atoms with Crippen LogP contribution < -0.4 is 0 Å². The molecular formula is C55H40N4. The van der Waals surface area contributed by atoms with Gasteiger partial charge in [-0.2, -0.15) is 0 Å². The van der Waals surface area contributed by atoms with Crippen molar-refractivity contribution in [3.05, 3.63) is 202 Å². The van der Waals surface area contributed by atoms with Gasteiger partial charge in [-0.1, -0.05) is 132 Å². The zero-order valence-corrected chi connectivity index (χ0v) is 33.1. The summed E-state index contributed by atoms with van der Waals surface area (Å²) >= 11 is 0. The van der Waals surface area contributed by atoms with Gasteiger partial charge in [0.05, 0.1) is 22.8 Å². The predicted octanol–water partition coefficient (Wildman–Crippen LogP) is 13.6. The molecule has 5 heterocycles. The summed E-state index contributed by atoms with van der Waals surface area (Å²) in [5.41, 5.74) is 21.4. The van der Waals surface area contributed by atoms with E-state index in [9.17, 15) is 0 Å². The molecule has 2 aliphatic heterocycles. The highest BCUT2D eigenvalue weighted by Gasteiger charge is 2.19. The molecule has 8 bridgehead atoms. The third-order valence-electron chi connectivity index (χ3n) is 11.1. The first kappa shape index (κ1) is 35.7. The fourth-order valence-corrected chi connectivity index (χ4v) is 7.97. The minimum Gasteiger partial charge on any atom is -0.354 e. The van der Waals surface area contributed by atoms with Gasteiger partial charge in [-0.25, -0.2) is 9.97 Å². The van der Waals surface area contributed by atoms with Crippen molar-refractivity contribution in [2.45, 2.75) is 20.8 Å². The Hall–Kier alpha value is -7.74. The molecule has 8 aromatic rings. The molecule has 10 rings (SSSR count). The monoisotopic (exact) mass is 756 g/mol. The molecule has 4 heteroatoms. The lowest BCUT2D eigenvalue weighted by Gasteiger charge is -2.07. The van der Waals surface area contributed by atoms with Crippen LogP contribution in [0.3, 0.4) is 0 Å². The van der Waals surface area contributed by atoms with Crippen LogP contribution >= 0.6 is 0 Å². The molecular weight excluding hydrogens is 717 g/mol. The molecule has 2 N–H and O–H groups in total. The Morgan fingerprint density at radius 2 is 0.610 bits per heavy atom.